The highest BCUT2D eigenvalue weighted by atomic mass is 32.2. The van der Waals surface area contributed by atoms with Crippen molar-refractivity contribution in [2.75, 3.05) is 5.75 Å². The standard InChI is InChI=1S/C16H25N5O2S/c17-13(22)9-21-15(11-7-8-11)19-20-16(21)24-10-14(23)18-12-5-3-1-2-4-6-12/h11-12H,1-10H2,(H2,17,22)(H,18,23). The number of hydrogen-bond donors (Lipinski definition) is 2. The van der Waals surface area contributed by atoms with E-state index < -0.39 is 5.91 Å². The molecular weight excluding hydrogens is 326 g/mol. The summed E-state index contributed by atoms with van der Waals surface area (Å²) in [6.07, 6.45) is 9.20. The highest BCUT2D eigenvalue weighted by Gasteiger charge is 2.31. The number of amides is 2. The fourth-order valence-electron chi connectivity index (χ4n) is 3.18. The molecule has 2 saturated carbocycles. The molecule has 8 heteroatoms. The van der Waals surface area contributed by atoms with Crippen LogP contribution >= 0.6 is 11.8 Å². The van der Waals surface area contributed by atoms with E-state index in [0.717, 1.165) is 31.5 Å². The number of rotatable bonds is 7. The van der Waals surface area contributed by atoms with Gasteiger partial charge in [0.2, 0.25) is 11.8 Å². The minimum absolute atomic E-state index is 0.0218. The zero-order chi connectivity index (χ0) is 16.9. The molecule has 0 aliphatic heterocycles. The molecule has 2 fully saturated rings. The van der Waals surface area contributed by atoms with Crippen LogP contribution < -0.4 is 11.1 Å². The van der Waals surface area contributed by atoms with Gasteiger partial charge in [-0.3, -0.25) is 14.2 Å². The maximum atomic E-state index is 12.2. The van der Waals surface area contributed by atoms with Gasteiger partial charge in [0.05, 0.1) is 5.75 Å². The Hall–Kier alpha value is -1.57. The van der Waals surface area contributed by atoms with Gasteiger partial charge < -0.3 is 11.1 Å². The summed E-state index contributed by atoms with van der Waals surface area (Å²) < 4.78 is 1.77. The first kappa shape index (κ1) is 17.3. The molecule has 2 aliphatic carbocycles. The first-order valence-electron chi connectivity index (χ1n) is 8.77. The normalized spacial score (nSPS) is 19.0. The van der Waals surface area contributed by atoms with Gasteiger partial charge >= 0.3 is 0 Å². The lowest BCUT2D eigenvalue weighted by molar-refractivity contribution is -0.119. The molecule has 1 heterocycles. The molecule has 132 valence electrons. The summed E-state index contributed by atoms with van der Waals surface area (Å²) in [5.41, 5.74) is 5.33. The van der Waals surface area contributed by atoms with Crippen molar-refractivity contribution in [1.29, 1.82) is 0 Å². The number of nitrogens with one attached hydrogen (secondary N) is 1. The van der Waals surface area contributed by atoms with E-state index in [-0.39, 0.29) is 18.2 Å². The van der Waals surface area contributed by atoms with Gasteiger partial charge in [0.15, 0.2) is 5.16 Å². The summed E-state index contributed by atoms with van der Waals surface area (Å²) in [7, 11) is 0. The Balaban J connectivity index is 1.55. The molecule has 2 amide bonds. The first-order valence-corrected chi connectivity index (χ1v) is 9.75. The van der Waals surface area contributed by atoms with Crippen LogP contribution in [0.15, 0.2) is 5.16 Å². The smallest absolute Gasteiger partial charge is 0.237 e. The number of carbonyl (C=O) groups is 2. The van der Waals surface area contributed by atoms with Crippen molar-refractivity contribution in [3.05, 3.63) is 5.82 Å². The minimum atomic E-state index is -0.415. The average molecular weight is 351 g/mol. The molecule has 2 aliphatic rings. The van der Waals surface area contributed by atoms with Crippen LogP contribution in [0.3, 0.4) is 0 Å². The van der Waals surface area contributed by atoms with Gasteiger partial charge in [0, 0.05) is 12.0 Å². The molecule has 0 bridgehead atoms. The van der Waals surface area contributed by atoms with E-state index in [9.17, 15) is 9.59 Å². The molecule has 1 aromatic heterocycles. The molecule has 0 atom stereocenters. The van der Waals surface area contributed by atoms with Gasteiger partial charge in [-0.1, -0.05) is 37.4 Å². The molecule has 24 heavy (non-hydrogen) atoms. The van der Waals surface area contributed by atoms with Crippen LogP contribution in [-0.2, 0) is 16.1 Å². The third-order valence-corrected chi connectivity index (χ3v) is 5.52. The van der Waals surface area contributed by atoms with E-state index in [1.165, 1.54) is 37.4 Å². The molecule has 0 aromatic carbocycles. The van der Waals surface area contributed by atoms with Crippen LogP contribution in [0, 0.1) is 0 Å². The minimum Gasteiger partial charge on any atom is -0.368 e. The van der Waals surface area contributed by atoms with E-state index in [4.69, 9.17) is 5.73 Å². The zero-order valence-electron chi connectivity index (χ0n) is 13.9. The van der Waals surface area contributed by atoms with E-state index in [1.807, 2.05) is 0 Å². The Morgan fingerprint density at radius 2 is 1.83 bits per heavy atom. The zero-order valence-corrected chi connectivity index (χ0v) is 14.7. The second-order valence-electron chi connectivity index (χ2n) is 6.71. The average Bonchev–Trinajstić information content (AvgIpc) is 3.33. The van der Waals surface area contributed by atoms with Crippen molar-refractivity contribution >= 4 is 23.6 Å². The Morgan fingerprint density at radius 1 is 1.12 bits per heavy atom. The summed E-state index contributed by atoms with van der Waals surface area (Å²) in [5.74, 6) is 1.10. The highest BCUT2D eigenvalue weighted by Crippen LogP contribution is 2.39. The molecule has 0 saturated heterocycles. The van der Waals surface area contributed by atoms with E-state index in [1.54, 1.807) is 4.57 Å². The van der Waals surface area contributed by atoms with Crippen molar-refractivity contribution < 1.29 is 9.59 Å². The Kier molecular flexibility index (Phi) is 5.76. The summed E-state index contributed by atoms with van der Waals surface area (Å²) in [6.45, 7) is 0.0748. The monoisotopic (exact) mass is 351 g/mol. The SMILES string of the molecule is NC(=O)Cn1c(SCC(=O)NC2CCCCCC2)nnc1C1CC1. The summed E-state index contributed by atoms with van der Waals surface area (Å²) in [5, 5.41) is 12.1. The largest absolute Gasteiger partial charge is 0.368 e. The van der Waals surface area contributed by atoms with Crippen molar-refractivity contribution in [3.63, 3.8) is 0 Å². The molecule has 0 spiro atoms. The van der Waals surface area contributed by atoms with E-state index >= 15 is 0 Å². The summed E-state index contributed by atoms with van der Waals surface area (Å²) in [6, 6.07) is 0.297. The second kappa shape index (κ2) is 8.00. The Morgan fingerprint density at radius 3 is 2.46 bits per heavy atom. The van der Waals surface area contributed by atoms with E-state index in [2.05, 4.69) is 15.5 Å². The van der Waals surface area contributed by atoms with Gasteiger partial charge in [0.1, 0.15) is 12.4 Å². The fraction of sp³-hybridized carbons (Fsp3) is 0.750. The number of nitrogens with two attached hydrogens (primary N) is 1. The second-order valence-corrected chi connectivity index (χ2v) is 7.65. The van der Waals surface area contributed by atoms with Gasteiger partial charge in [-0.2, -0.15) is 0 Å². The van der Waals surface area contributed by atoms with Crippen molar-refractivity contribution in [3.8, 4) is 0 Å². The maximum Gasteiger partial charge on any atom is 0.237 e. The fourth-order valence-corrected chi connectivity index (χ4v) is 3.93. The lowest BCUT2D eigenvalue weighted by Gasteiger charge is -2.16. The van der Waals surface area contributed by atoms with Gasteiger partial charge in [0.25, 0.3) is 0 Å². The Labute approximate surface area is 146 Å². The third kappa shape index (κ3) is 4.72. The number of hydrogen-bond acceptors (Lipinski definition) is 5. The van der Waals surface area contributed by atoms with Crippen LogP contribution in [0.2, 0.25) is 0 Å². The van der Waals surface area contributed by atoms with Crippen molar-refractivity contribution in [2.24, 2.45) is 5.73 Å². The van der Waals surface area contributed by atoms with Gasteiger partial charge in [-0.05, 0) is 25.7 Å². The topological polar surface area (TPSA) is 103 Å². The van der Waals surface area contributed by atoms with Gasteiger partial charge in [-0.15, -0.1) is 10.2 Å². The number of thioether (sulfide) groups is 1. The van der Waals surface area contributed by atoms with Crippen LogP contribution in [0.1, 0.15) is 63.1 Å². The summed E-state index contributed by atoms with van der Waals surface area (Å²) in [4.78, 5) is 23.5. The van der Waals surface area contributed by atoms with Crippen LogP contribution in [0.5, 0.6) is 0 Å². The molecule has 7 nitrogen and oxygen atoms in total. The predicted molar refractivity (Wildman–Crippen MR) is 91.5 cm³/mol. The quantitative estimate of drug-likeness (QED) is 0.573. The number of nitrogens with zero attached hydrogens (tertiary/aromatic N) is 3. The first-order chi connectivity index (χ1) is 11.6. The molecule has 3 N–H and O–H groups in total. The van der Waals surface area contributed by atoms with E-state index in [0.29, 0.717) is 17.1 Å². The highest BCUT2D eigenvalue weighted by molar-refractivity contribution is 7.99. The van der Waals surface area contributed by atoms with Gasteiger partial charge in [-0.25, -0.2) is 0 Å². The molecule has 0 unspecified atom stereocenters. The number of aromatic nitrogens is 3. The van der Waals surface area contributed by atoms with Crippen LogP contribution in [-0.4, -0.2) is 38.4 Å². The lowest BCUT2D eigenvalue weighted by Crippen LogP contribution is -2.35. The molecule has 1 aromatic rings. The van der Waals surface area contributed by atoms with Crippen molar-refractivity contribution in [1.82, 2.24) is 20.1 Å². The van der Waals surface area contributed by atoms with Crippen LogP contribution in [0.25, 0.3) is 0 Å². The maximum absolute atomic E-state index is 12.2. The third-order valence-electron chi connectivity index (χ3n) is 4.55. The predicted octanol–water partition coefficient (Wildman–Crippen LogP) is 1.57. The molecular formula is C16H25N5O2S. The number of carbonyl (C=O) groups excluding carboxylic acids is 2. The Bertz CT molecular complexity index is 591. The summed E-state index contributed by atoms with van der Waals surface area (Å²) >= 11 is 1.33. The number of primary amides is 1. The lowest BCUT2D eigenvalue weighted by atomic mass is 10.1. The molecule has 0 radical (unpaired) electrons. The molecule has 3 rings (SSSR count). The van der Waals surface area contributed by atoms with Crippen molar-refractivity contribution in [2.45, 2.75) is 75.0 Å². The van der Waals surface area contributed by atoms with Crippen LogP contribution in [0.4, 0.5) is 0 Å².